The molecule has 0 aliphatic heterocycles. The molecular weight excluding hydrogens is 228 g/mol. The largest absolute Gasteiger partial charge is 0.340 e. The van der Waals surface area contributed by atoms with Gasteiger partial charge >= 0.3 is 0 Å². The number of pyridine rings is 1. The van der Waals surface area contributed by atoms with Crippen LogP contribution in [0.25, 0.3) is 0 Å². The molecule has 1 N–H and O–H groups in total. The first-order chi connectivity index (χ1) is 7.75. The number of hydrogen-bond donors (Lipinski definition) is 1. The van der Waals surface area contributed by atoms with E-state index in [0.717, 1.165) is 5.56 Å². The van der Waals surface area contributed by atoms with Crippen molar-refractivity contribution in [3.63, 3.8) is 0 Å². The minimum absolute atomic E-state index is 0.552. The van der Waals surface area contributed by atoms with Crippen molar-refractivity contribution in [2.24, 2.45) is 0 Å². The summed E-state index contributed by atoms with van der Waals surface area (Å²) in [7, 11) is 0. The van der Waals surface area contributed by atoms with Gasteiger partial charge in [0.15, 0.2) is 5.82 Å². The van der Waals surface area contributed by atoms with Crippen molar-refractivity contribution in [1.82, 2.24) is 20.4 Å². The zero-order chi connectivity index (χ0) is 11.4. The lowest BCUT2D eigenvalue weighted by molar-refractivity contribution is 0.385. The summed E-state index contributed by atoms with van der Waals surface area (Å²) in [5.41, 5.74) is 0.997. The van der Waals surface area contributed by atoms with E-state index >= 15 is 0 Å². The number of nitrogens with one attached hydrogen (secondary N) is 1. The summed E-state index contributed by atoms with van der Waals surface area (Å²) in [4.78, 5) is 7.99. The SMILES string of the molecule is Cc1nc(CNCc2ccncc2Cl)no1. The van der Waals surface area contributed by atoms with E-state index < -0.39 is 0 Å². The Bertz CT molecular complexity index is 471. The van der Waals surface area contributed by atoms with E-state index in [9.17, 15) is 0 Å². The lowest BCUT2D eigenvalue weighted by atomic mass is 10.2. The van der Waals surface area contributed by atoms with Gasteiger partial charge in [-0.1, -0.05) is 16.8 Å². The lowest BCUT2D eigenvalue weighted by Gasteiger charge is -2.03. The van der Waals surface area contributed by atoms with Crippen LogP contribution in [0.5, 0.6) is 0 Å². The maximum Gasteiger partial charge on any atom is 0.223 e. The zero-order valence-electron chi connectivity index (χ0n) is 8.77. The molecule has 2 heterocycles. The van der Waals surface area contributed by atoms with E-state index in [4.69, 9.17) is 16.1 Å². The molecule has 6 heteroatoms. The van der Waals surface area contributed by atoms with Gasteiger partial charge in [-0.05, 0) is 11.6 Å². The predicted octanol–water partition coefficient (Wildman–Crippen LogP) is 1.72. The third-order valence-corrected chi connectivity index (χ3v) is 2.36. The molecule has 16 heavy (non-hydrogen) atoms. The summed E-state index contributed by atoms with van der Waals surface area (Å²) in [5.74, 6) is 1.21. The van der Waals surface area contributed by atoms with E-state index in [2.05, 4.69) is 20.4 Å². The van der Waals surface area contributed by atoms with Gasteiger partial charge in [-0.3, -0.25) is 4.98 Å². The molecule has 5 nitrogen and oxygen atoms in total. The Labute approximate surface area is 97.8 Å². The smallest absolute Gasteiger partial charge is 0.223 e. The van der Waals surface area contributed by atoms with Crippen LogP contribution in [0.2, 0.25) is 5.02 Å². The molecule has 0 amide bonds. The molecule has 0 spiro atoms. The fourth-order valence-electron chi connectivity index (χ4n) is 1.27. The Balaban J connectivity index is 1.87. The third kappa shape index (κ3) is 2.77. The molecule has 2 rings (SSSR count). The van der Waals surface area contributed by atoms with Crippen LogP contribution in [0.1, 0.15) is 17.3 Å². The number of nitrogens with zero attached hydrogens (tertiary/aromatic N) is 3. The van der Waals surface area contributed by atoms with E-state index in [1.54, 1.807) is 19.3 Å². The molecule has 0 aliphatic rings. The van der Waals surface area contributed by atoms with E-state index in [1.807, 2.05) is 6.07 Å². The highest BCUT2D eigenvalue weighted by Gasteiger charge is 2.02. The van der Waals surface area contributed by atoms with Crippen molar-refractivity contribution in [1.29, 1.82) is 0 Å². The standard InChI is InChI=1S/C10H11ClN4O/c1-7-14-10(15-16-7)6-13-4-8-2-3-12-5-9(8)11/h2-3,5,13H,4,6H2,1H3. The molecule has 0 atom stereocenters. The average Bonchev–Trinajstić information content (AvgIpc) is 2.67. The van der Waals surface area contributed by atoms with E-state index in [-0.39, 0.29) is 0 Å². The average molecular weight is 239 g/mol. The van der Waals surface area contributed by atoms with E-state index in [1.165, 1.54) is 0 Å². The van der Waals surface area contributed by atoms with Gasteiger partial charge in [-0.2, -0.15) is 4.98 Å². The fourth-order valence-corrected chi connectivity index (χ4v) is 1.46. The molecule has 0 fully saturated rings. The van der Waals surface area contributed by atoms with Gasteiger partial charge in [0, 0.05) is 25.9 Å². The van der Waals surface area contributed by atoms with Crippen molar-refractivity contribution in [2.75, 3.05) is 0 Å². The summed E-state index contributed by atoms with van der Waals surface area (Å²) < 4.78 is 4.85. The second kappa shape index (κ2) is 5.05. The van der Waals surface area contributed by atoms with Gasteiger partial charge in [0.1, 0.15) is 0 Å². The summed E-state index contributed by atoms with van der Waals surface area (Å²) >= 11 is 5.96. The Morgan fingerprint density at radius 3 is 3.00 bits per heavy atom. The second-order valence-electron chi connectivity index (χ2n) is 3.30. The number of hydrogen-bond acceptors (Lipinski definition) is 5. The molecule has 0 saturated carbocycles. The molecule has 0 unspecified atom stereocenters. The molecule has 0 bridgehead atoms. The van der Waals surface area contributed by atoms with Gasteiger partial charge in [-0.15, -0.1) is 0 Å². The van der Waals surface area contributed by atoms with Crippen LogP contribution in [0.15, 0.2) is 23.0 Å². The number of aryl methyl sites for hydroxylation is 1. The van der Waals surface area contributed by atoms with Crippen molar-refractivity contribution in [3.8, 4) is 0 Å². The van der Waals surface area contributed by atoms with Crippen LogP contribution in [0.4, 0.5) is 0 Å². The summed E-state index contributed by atoms with van der Waals surface area (Å²) in [6.07, 6.45) is 3.33. The Kier molecular flexibility index (Phi) is 3.48. The summed E-state index contributed by atoms with van der Waals surface area (Å²) in [6.45, 7) is 2.96. The minimum atomic E-state index is 0.552. The van der Waals surface area contributed by atoms with Gasteiger partial charge in [0.05, 0.1) is 11.6 Å². The van der Waals surface area contributed by atoms with Crippen molar-refractivity contribution in [3.05, 3.63) is 40.8 Å². The second-order valence-corrected chi connectivity index (χ2v) is 3.71. The Morgan fingerprint density at radius 2 is 2.31 bits per heavy atom. The first kappa shape index (κ1) is 11.0. The Hall–Kier alpha value is -1.46. The highest BCUT2D eigenvalue weighted by molar-refractivity contribution is 6.31. The van der Waals surface area contributed by atoms with Crippen LogP contribution in [-0.2, 0) is 13.1 Å². The predicted molar refractivity (Wildman–Crippen MR) is 58.8 cm³/mol. The number of aromatic nitrogens is 3. The number of rotatable bonds is 4. The van der Waals surface area contributed by atoms with Crippen LogP contribution < -0.4 is 5.32 Å². The first-order valence-electron chi connectivity index (χ1n) is 4.84. The maximum atomic E-state index is 5.96. The van der Waals surface area contributed by atoms with Gasteiger partial charge < -0.3 is 9.84 Å². The van der Waals surface area contributed by atoms with Crippen LogP contribution in [0.3, 0.4) is 0 Å². The van der Waals surface area contributed by atoms with Crippen molar-refractivity contribution in [2.45, 2.75) is 20.0 Å². The van der Waals surface area contributed by atoms with Crippen molar-refractivity contribution >= 4 is 11.6 Å². The molecule has 0 aromatic carbocycles. The normalized spacial score (nSPS) is 10.6. The highest BCUT2D eigenvalue weighted by atomic mass is 35.5. The molecule has 84 valence electrons. The summed E-state index contributed by atoms with van der Waals surface area (Å²) in [5, 5.41) is 7.60. The van der Waals surface area contributed by atoms with Crippen LogP contribution in [-0.4, -0.2) is 15.1 Å². The molecule has 2 aromatic heterocycles. The van der Waals surface area contributed by atoms with Crippen LogP contribution in [0, 0.1) is 6.92 Å². The number of halogens is 1. The van der Waals surface area contributed by atoms with Crippen molar-refractivity contribution < 1.29 is 4.52 Å². The molecule has 0 aliphatic carbocycles. The highest BCUT2D eigenvalue weighted by Crippen LogP contribution is 2.12. The Morgan fingerprint density at radius 1 is 1.44 bits per heavy atom. The van der Waals surface area contributed by atoms with E-state index in [0.29, 0.717) is 29.8 Å². The zero-order valence-corrected chi connectivity index (χ0v) is 9.53. The minimum Gasteiger partial charge on any atom is -0.340 e. The fraction of sp³-hybridized carbons (Fsp3) is 0.300. The summed E-state index contributed by atoms with van der Waals surface area (Å²) in [6, 6.07) is 1.87. The first-order valence-corrected chi connectivity index (χ1v) is 5.22. The maximum absolute atomic E-state index is 5.96. The molecule has 0 saturated heterocycles. The quantitative estimate of drug-likeness (QED) is 0.879. The van der Waals surface area contributed by atoms with Gasteiger partial charge in [0.25, 0.3) is 0 Å². The van der Waals surface area contributed by atoms with Crippen LogP contribution >= 0.6 is 11.6 Å². The third-order valence-electron chi connectivity index (χ3n) is 2.02. The molecular formula is C10H11ClN4O. The molecule has 0 radical (unpaired) electrons. The molecule has 2 aromatic rings. The monoisotopic (exact) mass is 238 g/mol. The van der Waals surface area contributed by atoms with Gasteiger partial charge in [-0.25, -0.2) is 0 Å². The topological polar surface area (TPSA) is 63.8 Å². The lowest BCUT2D eigenvalue weighted by Crippen LogP contribution is -2.14. The van der Waals surface area contributed by atoms with Gasteiger partial charge in [0.2, 0.25) is 5.89 Å².